The van der Waals surface area contributed by atoms with Crippen molar-refractivity contribution in [2.75, 3.05) is 17.4 Å². The van der Waals surface area contributed by atoms with Gasteiger partial charge in [0.25, 0.3) is 0 Å². The summed E-state index contributed by atoms with van der Waals surface area (Å²) in [4.78, 5) is 19.7. The second-order valence-electron chi connectivity index (χ2n) is 3.73. The van der Waals surface area contributed by atoms with Gasteiger partial charge in [-0.2, -0.15) is 0 Å². The van der Waals surface area contributed by atoms with Crippen LogP contribution in [0.15, 0.2) is 29.1 Å². The molecule has 2 aromatic heterocycles. The fourth-order valence-electron chi connectivity index (χ4n) is 1.63. The van der Waals surface area contributed by atoms with Crippen LogP contribution in [-0.4, -0.2) is 21.9 Å². The average molecular weight is 264 g/mol. The van der Waals surface area contributed by atoms with Crippen molar-refractivity contribution < 1.29 is 9.34 Å². The summed E-state index contributed by atoms with van der Waals surface area (Å²) in [7, 11) is 1.66. The molecule has 0 saturated heterocycles. The molecule has 0 unspecified atom stereocenters. The number of hydrogen-bond acceptors (Lipinski definition) is 8. The third-order valence-electron chi connectivity index (χ3n) is 2.46. The maximum Gasteiger partial charge on any atom is 0.354 e. The number of anilines is 2. The minimum Gasteiger partial charge on any atom is -0.467 e. The van der Waals surface area contributed by atoms with E-state index < -0.39 is 4.92 Å². The lowest BCUT2D eigenvalue weighted by atomic mass is 10.3. The summed E-state index contributed by atoms with van der Waals surface area (Å²) in [5.41, 5.74) is 1.91. The summed E-state index contributed by atoms with van der Waals surface area (Å²) in [6.45, 7) is 0.342. The van der Waals surface area contributed by atoms with Crippen LogP contribution in [0.5, 0.6) is 0 Å². The van der Waals surface area contributed by atoms with Gasteiger partial charge in [0.1, 0.15) is 12.1 Å². The van der Waals surface area contributed by atoms with Crippen LogP contribution in [0.4, 0.5) is 17.3 Å². The number of hydrazine groups is 1. The summed E-state index contributed by atoms with van der Waals surface area (Å²) in [5, 5.41) is 11.1. The molecule has 0 atom stereocenters. The molecular formula is C10H12N6O3. The van der Waals surface area contributed by atoms with Gasteiger partial charge < -0.3 is 14.7 Å². The van der Waals surface area contributed by atoms with Crippen LogP contribution in [0.25, 0.3) is 0 Å². The fraction of sp³-hybridized carbons (Fsp3) is 0.200. The molecule has 2 rings (SSSR count). The number of nitrogens with two attached hydrogens (primary N) is 1. The number of nitrogen functional groups attached to an aromatic ring is 1. The maximum atomic E-state index is 11.1. The van der Waals surface area contributed by atoms with Crippen LogP contribution in [0.2, 0.25) is 0 Å². The largest absolute Gasteiger partial charge is 0.467 e. The van der Waals surface area contributed by atoms with Crippen molar-refractivity contribution in [2.24, 2.45) is 5.84 Å². The normalized spacial score (nSPS) is 10.2. The van der Waals surface area contributed by atoms with Gasteiger partial charge in [0.05, 0.1) is 17.7 Å². The highest BCUT2D eigenvalue weighted by Crippen LogP contribution is 2.31. The number of nitrogens with one attached hydrogen (secondary N) is 1. The minimum absolute atomic E-state index is 0.0405. The van der Waals surface area contributed by atoms with E-state index in [1.54, 1.807) is 24.1 Å². The minimum atomic E-state index is -0.580. The Balaban J connectivity index is 2.35. The van der Waals surface area contributed by atoms with Gasteiger partial charge in [0.15, 0.2) is 0 Å². The number of nitrogens with zero attached hydrogens (tertiary/aromatic N) is 4. The highest BCUT2D eigenvalue weighted by atomic mass is 16.6. The molecule has 0 bridgehead atoms. The van der Waals surface area contributed by atoms with Crippen LogP contribution >= 0.6 is 0 Å². The first-order valence-corrected chi connectivity index (χ1v) is 5.33. The van der Waals surface area contributed by atoms with Gasteiger partial charge in [0.2, 0.25) is 11.6 Å². The second-order valence-corrected chi connectivity index (χ2v) is 3.73. The molecule has 2 aromatic rings. The lowest BCUT2D eigenvalue weighted by molar-refractivity contribution is -0.383. The first kappa shape index (κ1) is 12.8. The lowest BCUT2D eigenvalue weighted by Gasteiger charge is -2.16. The third-order valence-corrected chi connectivity index (χ3v) is 2.46. The number of hydrogen-bond donors (Lipinski definition) is 2. The van der Waals surface area contributed by atoms with Gasteiger partial charge in [-0.3, -0.25) is 10.1 Å². The van der Waals surface area contributed by atoms with E-state index in [0.717, 1.165) is 0 Å². The van der Waals surface area contributed by atoms with Crippen LogP contribution in [0.1, 0.15) is 5.76 Å². The predicted octanol–water partition coefficient (Wildman–Crippen LogP) is 0.900. The molecule has 0 fully saturated rings. The van der Waals surface area contributed by atoms with Gasteiger partial charge in [-0.15, -0.1) is 0 Å². The van der Waals surface area contributed by atoms with Crippen molar-refractivity contribution >= 4 is 17.3 Å². The van der Waals surface area contributed by atoms with Gasteiger partial charge in [-0.05, 0) is 12.1 Å². The SMILES string of the molecule is CN(Cc1ccco1)c1ncnc(NN)c1[N+](=O)[O-]. The van der Waals surface area contributed by atoms with Crippen molar-refractivity contribution in [1.29, 1.82) is 0 Å². The number of furan rings is 1. The van der Waals surface area contributed by atoms with E-state index in [2.05, 4.69) is 15.4 Å². The topological polar surface area (TPSA) is 123 Å². The summed E-state index contributed by atoms with van der Waals surface area (Å²) >= 11 is 0. The predicted molar refractivity (Wildman–Crippen MR) is 67.3 cm³/mol. The molecule has 9 heteroatoms. The fourth-order valence-corrected chi connectivity index (χ4v) is 1.63. The van der Waals surface area contributed by atoms with E-state index in [-0.39, 0.29) is 17.3 Å². The maximum absolute atomic E-state index is 11.1. The molecule has 0 aliphatic carbocycles. The number of aromatic nitrogens is 2. The number of rotatable bonds is 5. The zero-order valence-electron chi connectivity index (χ0n) is 10.1. The molecule has 2 heterocycles. The van der Waals surface area contributed by atoms with Gasteiger partial charge >= 0.3 is 5.69 Å². The van der Waals surface area contributed by atoms with Crippen LogP contribution in [-0.2, 0) is 6.54 Å². The first-order valence-electron chi connectivity index (χ1n) is 5.33. The van der Waals surface area contributed by atoms with Crippen LogP contribution in [0, 0.1) is 10.1 Å². The summed E-state index contributed by atoms with van der Waals surface area (Å²) in [5.74, 6) is 5.99. The molecule has 9 nitrogen and oxygen atoms in total. The van der Waals surface area contributed by atoms with Crippen molar-refractivity contribution in [2.45, 2.75) is 6.54 Å². The molecule has 100 valence electrons. The number of nitro groups is 1. The zero-order valence-corrected chi connectivity index (χ0v) is 10.1. The highest BCUT2D eigenvalue weighted by molar-refractivity contribution is 5.69. The molecule has 19 heavy (non-hydrogen) atoms. The van der Waals surface area contributed by atoms with Crippen molar-refractivity contribution in [3.05, 3.63) is 40.6 Å². The zero-order chi connectivity index (χ0) is 13.8. The Bertz CT molecular complexity index is 571. The van der Waals surface area contributed by atoms with Crippen molar-refractivity contribution in [3.8, 4) is 0 Å². The van der Waals surface area contributed by atoms with Crippen LogP contribution < -0.4 is 16.2 Å². The molecule has 0 saturated carbocycles. The van der Waals surface area contributed by atoms with E-state index in [0.29, 0.717) is 12.3 Å². The first-order chi connectivity index (χ1) is 9.13. The van der Waals surface area contributed by atoms with Crippen molar-refractivity contribution in [3.63, 3.8) is 0 Å². The van der Waals surface area contributed by atoms with Gasteiger partial charge in [-0.1, -0.05) is 0 Å². The summed E-state index contributed by atoms with van der Waals surface area (Å²) < 4.78 is 5.19. The van der Waals surface area contributed by atoms with Crippen LogP contribution in [0.3, 0.4) is 0 Å². The van der Waals surface area contributed by atoms with E-state index in [1.807, 2.05) is 0 Å². The highest BCUT2D eigenvalue weighted by Gasteiger charge is 2.25. The molecule has 3 N–H and O–H groups in total. The van der Waals surface area contributed by atoms with Gasteiger partial charge in [-0.25, -0.2) is 15.8 Å². The Hall–Kier alpha value is -2.68. The molecule has 0 spiro atoms. The smallest absolute Gasteiger partial charge is 0.354 e. The van der Waals surface area contributed by atoms with E-state index in [9.17, 15) is 10.1 Å². The Labute approximate surface area is 108 Å². The molecule has 0 aliphatic rings. The molecule has 0 aromatic carbocycles. The summed E-state index contributed by atoms with van der Waals surface area (Å²) in [6.07, 6.45) is 2.74. The van der Waals surface area contributed by atoms with Gasteiger partial charge in [0, 0.05) is 7.05 Å². The standard InChI is InChI=1S/C10H12N6O3/c1-15(5-7-3-2-4-19-7)10-8(16(17)18)9(14-11)12-6-13-10/h2-4,6H,5,11H2,1H3,(H,12,13,14). The Morgan fingerprint density at radius 2 is 2.37 bits per heavy atom. The third kappa shape index (κ3) is 2.60. The second kappa shape index (κ2) is 5.31. The Morgan fingerprint density at radius 1 is 1.58 bits per heavy atom. The van der Waals surface area contributed by atoms with E-state index in [1.165, 1.54) is 12.6 Å². The summed E-state index contributed by atoms with van der Waals surface area (Å²) in [6, 6.07) is 3.51. The molecule has 0 radical (unpaired) electrons. The Kier molecular flexibility index (Phi) is 3.57. The molecule has 0 amide bonds. The molecule has 0 aliphatic heterocycles. The monoisotopic (exact) mass is 264 g/mol. The Morgan fingerprint density at radius 3 is 2.95 bits per heavy atom. The lowest BCUT2D eigenvalue weighted by Crippen LogP contribution is -2.21. The van der Waals surface area contributed by atoms with E-state index >= 15 is 0 Å². The quantitative estimate of drug-likeness (QED) is 0.463. The average Bonchev–Trinajstić information content (AvgIpc) is 2.90. The molecular weight excluding hydrogens is 252 g/mol. The van der Waals surface area contributed by atoms with E-state index in [4.69, 9.17) is 10.3 Å². The van der Waals surface area contributed by atoms with Crippen molar-refractivity contribution in [1.82, 2.24) is 9.97 Å².